The van der Waals surface area contributed by atoms with Crippen LogP contribution in [0.2, 0.25) is 0 Å². The van der Waals surface area contributed by atoms with Crippen LogP contribution in [0.25, 0.3) is 0 Å². The second-order valence-electron chi connectivity index (χ2n) is 6.07. The Morgan fingerprint density at radius 2 is 1.89 bits per heavy atom. The standard InChI is InChI=1S/C14H13FN4OS.C2HF3O2/c15-9-6-16-14(17-7-9)18-3-1-11-12(18)5-13(20)19(11)10-2-4-21-8-10;3-2(4,5)1(6)7/h2,4,6-8,11-12H,1,3,5H2;(H,6,7)/t11-,12+;/m0./s1. The molecular weight excluding hydrogens is 404 g/mol. The van der Waals surface area contributed by atoms with Crippen LogP contribution in [0.1, 0.15) is 12.8 Å². The van der Waals surface area contributed by atoms with Crippen molar-refractivity contribution in [3.8, 4) is 0 Å². The van der Waals surface area contributed by atoms with Crippen LogP contribution in [0.5, 0.6) is 0 Å². The third-order valence-electron chi connectivity index (χ3n) is 4.38. The van der Waals surface area contributed by atoms with Crippen LogP contribution in [0.4, 0.5) is 29.2 Å². The highest BCUT2D eigenvalue weighted by atomic mass is 32.1. The molecule has 2 atom stereocenters. The number of hydrogen-bond donors (Lipinski definition) is 1. The molecule has 150 valence electrons. The Hall–Kier alpha value is -2.76. The zero-order valence-electron chi connectivity index (χ0n) is 14.1. The normalized spacial score (nSPS) is 21.4. The second kappa shape index (κ2) is 7.70. The Bertz CT molecular complexity index is 845. The minimum absolute atomic E-state index is 0.0721. The van der Waals surface area contributed by atoms with E-state index in [-0.39, 0.29) is 18.0 Å². The topological polar surface area (TPSA) is 86.6 Å². The number of carboxylic acids is 1. The first kappa shape index (κ1) is 20.0. The lowest BCUT2D eigenvalue weighted by atomic mass is 10.1. The van der Waals surface area contributed by atoms with Crippen LogP contribution in [0.3, 0.4) is 0 Å². The van der Waals surface area contributed by atoms with Crippen molar-refractivity contribution in [1.82, 2.24) is 9.97 Å². The summed E-state index contributed by atoms with van der Waals surface area (Å²) in [7, 11) is 0. The van der Waals surface area contributed by atoms with Crippen molar-refractivity contribution in [2.75, 3.05) is 16.3 Å². The lowest BCUT2D eigenvalue weighted by Gasteiger charge is -2.24. The van der Waals surface area contributed by atoms with Gasteiger partial charge in [-0.2, -0.15) is 24.5 Å². The summed E-state index contributed by atoms with van der Waals surface area (Å²) < 4.78 is 44.7. The molecule has 28 heavy (non-hydrogen) atoms. The summed E-state index contributed by atoms with van der Waals surface area (Å²) in [4.78, 5) is 33.2. The molecule has 2 aliphatic rings. The molecule has 0 saturated carbocycles. The summed E-state index contributed by atoms with van der Waals surface area (Å²) in [6, 6.07) is 2.20. The van der Waals surface area contributed by atoms with E-state index >= 15 is 0 Å². The average Bonchev–Trinajstić information content (AvgIpc) is 3.32. The van der Waals surface area contributed by atoms with Crippen molar-refractivity contribution in [3.63, 3.8) is 0 Å². The second-order valence-corrected chi connectivity index (χ2v) is 6.85. The van der Waals surface area contributed by atoms with E-state index in [2.05, 4.69) is 9.97 Å². The number of aliphatic carboxylic acids is 1. The fourth-order valence-electron chi connectivity index (χ4n) is 3.28. The number of carbonyl (C=O) groups is 2. The van der Waals surface area contributed by atoms with E-state index in [4.69, 9.17) is 9.90 Å². The highest BCUT2D eigenvalue weighted by molar-refractivity contribution is 7.08. The van der Waals surface area contributed by atoms with Gasteiger partial charge in [-0.1, -0.05) is 0 Å². The van der Waals surface area contributed by atoms with E-state index in [1.54, 1.807) is 11.3 Å². The molecule has 0 bridgehead atoms. The van der Waals surface area contributed by atoms with Gasteiger partial charge in [-0.3, -0.25) is 4.79 Å². The van der Waals surface area contributed by atoms with E-state index in [1.165, 1.54) is 12.4 Å². The maximum absolute atomic E-state index is 12.9. The van der Waals surface area contributed by atoms with Crippen LogP contribution < -0.4 is 9.80 Å². The van der Waals surface area contributed by atoms with E-state index < -0.39 is 18.0 Å². The fourth-order valence-corrected chi connectivity index (χ4v) is 3.91. The lowest BCUT2D eigenvalue weighted by Crippen LogP contribution is -2.37. The summed E-state index contributed by atoms with van der Waals surface area (Å²) in [5, 5.41) is 11.1. The van der Waals surface area contributed by atoms with Crippen LogP contribution in [0, 0.1) is 5.82 Å². The van der Waals surface area contributed by atoms with Crippen molar-refractivity contribution in [2.45, 2.75) is 31.1 Å². The Labute approximate surface area is 160 Å². The molecular formula is C16H14F4N4O3S. The molecule has 0 aromatic carbocycles. The summed E-state index contributed by atoms with van der Waals surface area (Å²) in [6.45, 7) is 0.787. The van der Waals surface area contributed by atoms with Crippen LogP contribution >= 0.6 is 11.3 Å². The van der Waals surface area contributed by atoms with Crippen molar-refractivity contribution in [1.29, 1.82) is 0 Å². The van der Waals surface area contributed by atoms with Gasteiger partial charge in [-0.25, -0.2) is 19.2 Å². The Kier molecular flexibility index (Phi) is 5.49. The number of amides is 1. The first-order valence-electron chi connectivity index (χ1n) is 8.07. The number of carbonyl (C=O) groups excluding carboxylic acids is 1. The largest absolute Gasteiger partial charge is 0.490 e. The number of nitrogens with zero attached hydrogens (tertiary/aromatic N) is 4. The van der Waals surface area contributed by atoms with Crippen molar-refractivity contribution < 1.29 is 32.3 Å². The Morgan fingerprint density at radius 3 is 2.43 bits per heavy atom. The Morgan fingerprint density at radius 1 is 1.25 bits per heavy atom. The van der Waals surface area contributed by atoms with Gasteiger partial charge in [0.15, 0.2) is 5.82 Å². The molecule has 0 spiro atoms. The van der Waals surface area contributed by atoms with Gasteiger partial charge in [-0.15, -0.1) is 0 Å². The molecule has 4 rings (SSSR count). The molecule has 2 aliphatic heterocycles. The van der Waals surface area contributed by atoms with Gasteiger partial charge in [0.2, 0.25) is 11.9 Å². The lowest BCUT2D eigenvalue weighted by molar-refractivity contribution is -0.192. The molecule has 2 fully saturated rings. The van der Waals surface area contributed by atoms with Crippen LogP contribution in [-0.2, 0) is 9.59 Å². The number of anilines is 2. The first-order valence-corrected chi connectivity index (χ1v) is 9.01. The van der Waals surface area contributed by atoms with Gasteiger partial charge in [0.05, 0.1) is 30.2 Å². The number of alkyl halides is 3. The van der Waals surface area contributed by atoms with Crippen LogP contribution in [-0.4, -0.2) is 51.8 Å². The number of halogens is 4. The van der Waals surface area contributed by atoms with Gasteiger partial charge in [0, 0.05) is 18.3 Å². The molecule has 7 nitrogen and oxygen atoms in total. The van der Waals surface area contributed by atoms with E-state index in [9.17, 15) is 22.4 Å². The molecule has 0 unspecified atom stereocenters. The van der Waals surface area contributed by atoms with E-state index in [0.29, 0.717) is 12.4 Å². The molecule has 0 radical (unpaired) electrons. The summed E-state index contributed by atoms with van der Waals surface area (Å²) in [6.07, 6.45) is -1.40. The molecule has 2 aromatic heterocycles. The van der Waals surface area contributed by atoms with Crippen molar-refractivity contribution in [3.05, 3.63) is 35.0 Å². The SMILES string of the molecule is O=C(O)C(F)(F)F.O=C1C[C@@H]2[C@H](CCN2c2ncc(F)cn2)N1c1ccsc1. The minimum atomic E-state index is -5.08. The number of rotatable bonds is 2. The van der Waals surface area contributed by atoms with Gasteiger partial charge in [-0.05, 0) is 17.9 Å². The first-order chi connectivity index (χ1) is 13.2. The molecule has 2 aromatic rings. The maximum atomic E-state index is 12.9. The number of carboxylic acid groups (broad SMARTS) is 1. The summed E-state index contributed by atoms with van der Waals surface area (Å²) >= 11 is 1.59. The third kappa shape index (κ3) is 4.06. The maximum Gasteiger partial charge on any atom is 0.490 e. The van der Waals surface area contributed by atoms with Gasteiger partial charge >= 0.3 is 12.1 Å². The van der Waals surface area contributed by atoms with Gasteiger partial charge in [0.1, 0.15) is 0 Å². The monoisotopic (exact) mass is 418 g/mol. The smallest absolute Gasteiger partial charge is 0.475 e. The quantitative estimate of drug-likeness (QED) is 0.755. The predicted molar refractivity (Wildman–Crippen MR) is 91.6 cm³/mol. The molecule has 0 aliphatic carbocycles. The van der Waals surface area contributed by atoms with E-state index in [0.717, 1.165) is 18.7 Å². The predicted octanol–water partition coefficient (Wildman–Crippen LogP) is 2.69. The van der Waals surface area contributed by atoms with Crippen molar-refractivity contribution in [2.24, 2.45) is 0 Å². The van der Waals surface area contributed by atoms with E-state index in [1.807, 2.05) is 26.6 Å². The fraction of sp³-hybridized carbons (Fsp3) is 0.375. The molecule has 2 saturated heterocycles. The number of aromatic nitrogens is 2. The minimum Gasteiger partial charge on any atom is -0.475 e. The average molecular weight is 418 g/mol. The van der Waals surface area contributed by atoms with Crippen molar-refractivity contribution >= 4 is 34.8 Å². The van der Waals surface area contributed by atoms with Gasteiger partial charge in [0.25, 0.3) is 0 Å². The molecule has 4 heterocycles. The zero-order valence-corrected chi connectivity index (χ0v) is 15.0. The zero-order chi connectivity index (χ0) is 20.5. The third-order valence-corrected chi connectivity index (χ3v) is 5.06. The molecule has 12 heteroatoms. The highest BCUT2D eigenvalue weighted by Crippen LogP contribution is 2.37. The van der Waals surface area contributed by atoms with Gasteiger partial charge < -0.3 is 14.9 Å². The molecule has 1 N–H and O–H groups in total. The highest BCUT2D eigenvalue weighted by Gasteiger charge is 2.48. The molecule has 1 amide bonds. The number of fused-ring (bicyclic) bond motifs is 1. The Balaban J connectivity index is 0.000000279. The number of thiophene rings is 1. The van der Waals surface area contributed by atoms with Crippen LogP contribution in [0.15, 0.2) is 29.2 Å². The number of hydrogen-bond acceptors (Lipinski definition) is 6. The summed E-state index contributed by atoms with van der Waals surface area (Å²) in [5.41, 5.74) is 0.972. The summed E-state index contributed by atoms with van der Waals surface area (Å²) in [5.74, 6) is -2.57.